The van der Waals surface area contributed by atoms with Gasteiger partial charge in [0, 0.05) is 0 Å². The topological polar surface area (TPSA) is 57.5 Å². The highest BCUT2D eigenvalue weighted by atomic mass is 31.2. The van der Waals surface area contributed by atoms with Gasteiger partial charge in [0.05, 0.1) is 6.16 Å². The molecule has 0 radical (unpaired) electrons. The Balaban J connectivity index is 3.58. The number of rotatable bonds is 15. The van der Waals surface area contributed by atoms with Gasteiger partial charge in [0.2, 0.25) is 0 Å². The molecule has 0 saturated heterocycles. The van der Waals surface area contributed by atoms with E-state index in [1.165, 1.54) is 51.4 Å². The molecule has 0 aliphatic carbocycles. The van der Waals surface area contributed by atoms with Crippen LogP contribution in [0.2, 0.25) is 0 Å². The van der Waals surface area contributed by atoms with Crippen LogP contribution >= 0.6 is 7.60 Å². The molecule has 3 nitrogen and oxygen atoms in total. The van der Waals surface area contributed by atoms with Gasteiger partial charge in [-0.05, 0) is 30.1 Å². The normalized spacial score (nSPS) is 16.3. The van der Waals surface area contributed by atoms with E-state index in [-0.39, 0.29) is 6.16 Å². The van der Waals surface area contributed by atoms with Crippen LogP contribution in [0.5, 0.6) is 0 Å². The van der Waals surface area contributed by atoms with E-state index >= 15 is 0 Å². The summed E-state index contributed by atoms with van der Waals surface area (Å²) in [6.07, 6.45) is 12.4. The average Bonchev–Trinajstić information content (AvgIpc) is 2.44. The molecular weight excluding hydrogens is 319 g/mol. The minimum atomic E-state index is -3.81. The van der Waals surface area contributed by atoms with Crippen molar-refractivity contribution in [1.82, 2.24) is 0 Å². The van der Waals surface area contributed by atoms with Gasteiger partial charge in [-0.3, -0.25) is 4.57 Å². The maximum absolute atomic E-state index is 10.9. The second-order valence-electron chi connectivity index (χ2n) is 8.68. The highest BCUT2D eigenvalue weighted by Gasteiger charge is 2.15. The van der Waals surface area contributed by atoms with Crippen molar-refractivity contribution in [2.45, 2.75) is 98.8 Å². The Morgan fingerprint density at radius 2 is 0.958 bits per heavy atom. The third-order valence-electron chi connectivity index (χ3n) is 5.18. The van der Waals surface area contributed by atoms with Gasteiger partial charge in [0.15, 0.2) is 0 Å². The standard InChI is InChI=1S/C20H43O3P/c1-17(2)9-6-10-18(3)11-7-12-19(4)13-8-14-20(5)15-16-24(21,22)23/h17-20H,6-16H2,1-5H3,(H2,21,22,23)/t18-,19-,20?/m1/s1. The smallest absolute Gasteiger partial charge is 0.324 e. The number of hydrogen-bond donors (Lipinski definition) is 2. The molecule has 0 amide bonds. The Morgan fingerprint density at radius 3 is 1.29 bits per heavy atom. The molecule has 0 aromatic rings. The SMILES string of the molecule is CC(C)CCC[C@@H](C)CCC[C@@H](C)CCCC(C)CCP(=O)(O)O. The second kappa shape index (κ2) is 13.4. The van der Waals surface area contributed by atoms with Crippen LogP contribution < -0.4 is 0 Å². The van der Waals surface area contributed by atoms with E-state index in [1.807, 2.05) is 0 Å². The van der Waals surface area contributed by atoms with Crippen molar-refractivity contribution in [1.29, 1.82) is 0 Å². The maximum Gasteiger partial charge on any atom is 0.325 e. The molecule has 0 spiro atoms. The van der Waals surface area contributed by atoms with E-state index in [1.54, 1.807) is 0 Å². The summed E-state index contributed by atoms with van der Waals surface area (Å²) in [7, 11) is -3.81. The van der Waals surface area contributed by atoms with Crippen molar-refractivity contribution < 1.29 is 14.4 Å². The Labute approximate surface area is 151 Å². The lowest BCUT2D eigenvalue weighted by molar-refractivity contribution is 0.358. The van der Waals surface area contributed by atoms with Crippen molar-refractivity contribution in [2.24, 2.45) is 23.7 Å². The quantitative estimate of drug-likeness (QED) is 0.321. The van der Waals surface area contributed by atoms with Crippen LogP contribution in [0, 0.1) is 23.7 Å². The molecule has 24 heavy (non-hydrogen) atoms. The maximum atomic E-state index is 10.9. The molecule has 0 saturated carbocycles. The molecule has 1 unspecified atom stereocenters. The van der Waals surface area contributed by atoms with E-state index in [4.69, 9.17) is 9.79 Å². The molecule has 4 heteroatoms. The fourth-order valence-corrected chi connectivity index (χ4v) is 4.10. The largest absolute Gasteiger partial charge is 0.325 e. The minimum Gasteiger partial charge on any atom is -0.324 e. The molecule has 0 aliphatic heterocycles. The molecule has 2 N–H and O–H groups in total. The van der Waals surface area contributed by atoms with Crippen molar-refractivity contribution in [3.63, 3.8) is 0 Å². The zero-order valence-corrected chi connectivity index (χ0v) is 17.7. The van der Waals surface area contributed by atoms with Crippen molar-refractivity contribution in [3.8, 4) is 0 Å². The van der Waals surface area contributed by atoms with Crippen LogP contribution in [0.25, 0.3) is 0 Å². The average molecular weight is 363 g/mol. The summed E-state index contributed by atoms with van der Waals surface area (Å²) in [5.74, 6) is 2.90. The predicted octanol–water partition coefficient (Wildman–Crippen LogP) is 6.63. The third kappa shape index (κ3) is 17.0. The van der Waals surface area contributed by atoms with E-state index in [0.717, 1.165) is 24.2 Å². The van der Waals surface area contributed by atoms with Gasteiger partial charge in [-0.1, -0.05) is 92.4 Å². The summed E-state index contributed by atoms with van der Waals surface area (Å²) >= 11 is 0. The Bertz CT molecular complexity index is 338. The monoisotopic (exact) mass is 362 g/mol. The van der Waals surface area contributed by atoms with Gasteiger partial charge in [0.25, 0.3) is 0 Å². The fraction of sp³-hybridized carbons (Fsp3) is 1.00. The van der Waals surface area contributed by atoms with Crippen molar-refractivity contribution in [2.75, 3.05) is 6.16 Å². The summed E-state index contributed by atoms with van der Waals surface area (Å²) in [5, 5.41) is 0. The fourth-order valence-electron chi connectivity index (χ4n) is 3.33. The van der Waals surface area contributed by atoms with Crippen LogP contribution in [0.3, 0.4) is 0 Å². The molecular formula is C20H43O3P. The first-order valence-corrected chi connectivity index (χ1v) is 11.9. The highest BCUT2D eigenvalue weighted by Crippen LogP contribution is 2.36. The molecule has 0 aromatic carbocycles. The van der Waals surface area contributed by atoms with Gasteiger partial charge in [-0.15, -0.1) is 0 Å². The molecule has 0 aromatic heterocycles. The lowest BCUT2D eigenvalue weighted by Gasteiger charge is -2.16. The van der Waals surface area contributed by atoms with E-state index < -0.39 is 7.60 Å². The van der Waals surface area contributed by atoms with Crippen LogP contribution in [0.15, 0.2) is 0 Å². The molecule has 146 valence electrons. The van der Waals surface area contributed by atoms with Gasteiger partial charge in [0.1, 0.15) is 0 Å². The van der Waals surface area contributed by atoms with Gasteiger partial charge in [-0.2, -0.15) is 0 Å². The third-order valence-corrected chi connectivity index (χ3v) is 6.02. The van der Waals surface area contributed by atoms with Crippen LogP contribution in [0.1, 0.15) is 98.8 Å². The summed E-state index contributed by atoms with van der Waals surface area (Å²) in [4.78, 5) is 17.8. The minimum absolute atomic E-state index is 0.0401. The molecule has 0 heterocycles. The van der Waals surface area contributed by atoms with Crippen LogP contribution in [-0.2, 0) is 4.57 Å². The second-order valence-corrected chi connectivity index (χ2v) is 10.5. The summed E-state index contributed by atoms with van der Waals surface area (Å²) < 4.78 is 10.9. The van der Waals surface area contributed by atoms with E-state index in [0.29, 0.717) is 12.3 Å². The van der Waals surface area contributed by atoms with E-state index in [2.05, 4.69) is 34.6 Å². The van der Waals surface area contributed by atoms with Gasteiger partial charge in [-0.25, -0.2) is 0 Å². The summed E-state index contributed by atoms with van der Waals surface area (Å²) in [6, 6.07) is 0. The first-order chi connectivity index (χ1) is 11.1. The molecule has 0 aliphatic rings. The Kier molecular flexibility index (Phi) is 13.5. The molecule has 0 bridgehead atoms. The lowest BCUT2D eigenvalue weighted by atomic mass is 9.91. The predicted molar refractivity (Wildman–Crippen MR) is 105 cm³/mol. The first-order valence-electron chi connectivity index (χ1n) is 10.1. The van der Waals surface area contributed by atoms with Crippen LogP contribution in [-0.4, -0.2) is 15.9 Å². The molecule has 3 atom stereocenters. The lowest BCUT2D eigenvalue weighted by Crippen LogP contribution is -2.02. The number of hydrogen-bond acceptors (Lipinski definition) is 1. The Morgan fingerprint density at radius 1 is 0.625 bits per heavy atom. The highest BCUT2D eigenvalue weighted by molar-refractivity contribution is 7.51. The zero-order chi connectivity index (χ0) is 18.6. The van der Waals surface area contributed by atoms with E-state index in [9.17, 15) is 4.57 Å². The molecule has 0 fully saturated rings. The van der Waals surface area contributed by atoms with Crippen LogP contribution in [0.4, 0.5) is 0 Å². The Hall–Kier alpha value is 0.150. The van der Waals surface area contributed by atoms with Gasteiger partial charge < -0.3 is 9.79 Å². The molecule has 0 rings (SSSR count). The van der Waals surface area contributed by atoms with Crippen molar-refractivity contribution in [3.05, 3.63) is 0 Å². The van der Waals surface area contributed by atoms with Crippen molar-refractivity contribution >= 4 is 7.60 Å². The summed E-state index contributed by atoms with van der Waals surface area (Å²) in [6.45, 7) is 11.5. The first kappa shape index (κ1) is 24.1. The zero-order valence-electron chi connectivity index (χ0n) is 16.8. The summed E-state index contributed by atoms with van der Waals surface area (Å²) in [5.41, 5.74) is 0. The van der Waals surface area contributed by atoms with Gasteiger partial charge >= 0.3 is 7.60 Å².